The molecule has 10 nitrogen and oxygen atoms in total. The maximum atomic E-state index is 8.74. The van der Waals surface area contributed by atoms with Gasteiger partial charge in [0.1, 0.15) is 0 Å². The molecule has 0 heterocycles. The minimum Gasteiger partial charge on any atom is -0.317 e. The van der Waals surface area contributed by atoms with Gasteiger partial charge >= 0.3 is 20.8 Å². The Morgan fingerprint density at radius 1 is 0.846 bits per heavy atom. The van der Waals surface area contributed by atoms with Crippen LogP contribution in [0.2, 0.25) is 0 Å². The predicted octanol–water partition coefficient (Wildman–Crippen LogP) is -1.71. The normalized spacial score (nSPS) is 10.3. The van der Waals surface area contributed by atoms with E-state index in [-0.39, 0.29) is 0 Å². The number of hydroxylamine groups is 1. The first-order valence-electron chi connectivity index (χ1n) is 2.12. The van der Waals surface area contributed by atoms with Gasteiger partial charge in [0.05, 0.1) is 0 Å². The Morgan fingerprint density at radius 3 is 0.846 bits per heavy atom. The maximum absolute atomic E-state index is 8.74. The molecule has 0 rings (SSSR count). The Morgan fingerprint density at radius 2 is 0.846 bits per heavy atom. The summed E-state index contributed by atoms with van der Waals surface area (Å²) in [7, 11) is -7.90. The maximum Gasteiger partial charge on any atom is 0.394 e. The Balaban J connectivity index is -0.000000120. The molecule has 12 heteroatoms. The molecule has 0 aromatic heterocycles. The summed E-state index contributed by atoms with van der Waals surface area (Å²) >= 11 is 0. The third-order valence-electron chi connectivity index (χ3n) is 0. The van der Waals surface area contributed by atoms with E-state index in [2.05, 4.69) is 0 Å². The Kier molecular flexibility index (Phi) is 11.7. The van der Waals surface area contributed by atoms with Gasteiger partial charge in [0, 0.05) is 7.05 Å². The fourth-order valence-corrected chi connectivity index (χ4v) is 0. The molecule has 84 valence electrons. The van der Waals surface area contributed by atoms with Crippen LogP contribution in [0.4, 0.5) is 0 Å². The minimum atomic E-state index is -4.67. The molecule has 0 aromatic carbocycles. The van der Waals surface area contributed by atoms with Crippen molar-refractivity contribution in [1.82, 2.24) is 5.48 Å². The number of nitrogens with one attached hydrogen (secondary N) is 1. The SMILES string of the molecule is CNO.O=S(=O)(O)O.O=S(=O)(O)O. The Labute approximate surface area is 74.3 Å². The van der Waals surface area contributed by atoms with Crippen molar-refractivity contribution < 1.29 is 40.3 Å². The highest BCUT2D eigenvalue weighted by Crippen LogP contribution is 1.59. The van der Waals surface area contributed by atoms with E-state index in [9.17, 15) is 0 Å². The second kappa shape index (κ2) is 8.27. The van der Waals surface area contributed by atoms with Crippen LogP contribution in [0.5, 0.6) is 0 Å². The van der Waals surface area contributed by atoms with Crippen molar-refractivity contribution in [2.45, 2.75) is 0 Å². The third-order valence-corrected chi connectivity index (χ3v) is 0. The predicted molar refractivity (Wildman–Crippen MR) is 39.2 cm³/mol. The summed E-state index contributed by atoms with van der Waals surface area (Å²) in [6.07, 6.45) is 0. The van der Waals surface area contributed by atoms with Gasteiger partial charge in [-0.1, -0.05) is 0 Å². The molecule has 0 atom stereocenters. The zero-order valence-electron chi connectivity index (χ0n) is 6.19. The van der Waals surface area contributed by atoms with Crippen molar-refractivity contribution in [2.75, 3.05) is 7.05 Å². The highest BCUT2D eigenvalue weighted by atomic mass is 32.3. The lowest BCUT2D eigenvalue weighted by molar-refractivity contribution is 0.194. The standard InChI is InChI=1S/CH5NO.2H2O4S/c1-2-3;2*1-5(2,3)4/h2-3H,1H3;2*(H2,1,2,3,4). The molecule has 0 radical (unpaired) electrons. The van der Waals surface area contributed by atoms with E-state index < -0.39 is 20.8 Å². The molecule has 0 unspecified atom stereocenters. The smallest absolute Gasteiger partial charge is 0.317 e. The number of hydrogen-bond acceptors (Lipinski definition) is 6. The fourth-order valence-electron chi connectivity index (χ4n) is 0. The minimum absolute atomic E-state index is 1.43. The van der Waals surface area contributed by atoms with Gasteiger partial charge in [-0.15, -0.1) is 0 Å². The highest BCUT2D eigenvalue weighted by Gasteiger charge is 1.85. The van der Waals surface area contributed by atoms with Crippen LogP contribution in [0.15, 0.2) is 0 Å². The molecule has 0 aliphatic carbocycles. The van der Waals surface area contributed by atoms with Gasteiger partial charge in [0.15, 0.2) is 0 Å². The molecule has 0 bridgehead atoms. The van der Waals surface area contributed by atoms with Crippen molar-refractivity contribution in [3.63, 3.8) is 0 Å². The summed E-state index contributed by atoms with van der Waals surface area (Å²) in [6.45, 7) is 0. The monoisotopic (exact) mass is 243 g/mol. The zero-order valence-corrected chi connectivity index (χ0v) is 7.82. The van der Waals surface area contributed by atoms with Crippen LogP contribution in [-0.4, -0.2) is 47.3 Å². The van der Waals surface area contributed by atoms with E-state index in [1.54, 1.807) is 5.48 Å². The summed E-state index contributed by atoms with van der Waals surface area (Å²) in [5.41, 5.74) is 1.75. The van der Waals surface area contributed by atoms with E-state index in [0.717, 1.165) is 0 Å². The van der Waals surface area contributed by atoms with Crippen LogP contribution in [-0.2, 0) is 20.8 Å². The van der Waals surface area contributed by atoms with Crippen LogP contribution in [0.3, 0.4) is 0 Å². The van der Waals surface area contributed by atoms with Crippen molar-refractivity contribution >= 4 is 20.8 Å². The highest BCUT2D eigenvalue weighted by molar-refractivity contribution is 7.80. The first-order valence-corrected chi connectivity index (χ1v) is 4.91. The molecule has 0 aromatic rings. The molecule has 0 saturated carbocycles. The fraction of sp³-hybridized carbons (Fsp3) is 1.00. The molecule has 0 fully saturated rings. The topological polar surface area (TPSA) is 181 Å². The Bertz CT molecular complexity index is 227. The van der Waals surface area contributed by atoms with Gasteiger partial charge in [0.2, 0.25) is 0 Å². The summed E-state index contributed by atoms with van der Waals surface area (Å²) in [5, 5.41) is 7.32. The van der Waals surface area contributed by atoms with E-state index >= 15 is 0 Å². The van der Waals surface area contributed by atoms with Crippen LogP contribution >= 0.6 is 0 Å². The molecular formula is CH9NO9S2. The first kappa shape index (κ1) is 18.4. The summed E-state index contributed by atoms with van der Waals surface area (Å²) in [6, 6.07) is 0. The van der Waals surface area contributed by atoms with Gasteiger partial charge in [-0.25, -0.2) is 5.48 Å². The van der Waals surface area contributed by atoms with Crippen molar-refractivity contribution in [3.05, 3.63) is 0 Å². The summed E-state index contributed by atoms with van der Waals surface area (Å²) < 4.78 is 63.2. The second-order valence-electron chi connectivity index (χ2n) is 1.12. The van der Waals surface area contributed by atoms with Crippen molar-refractivity contribution in [2.24, 2.45) is 0 Å². The number of rotatable bonds is 0. The largest absolute Gasteiger partial charge is 0.394 e. The molecule has 6 N–H and O–H groups in total. The molecule has 0 aliphatic heterocycles. The lowest BCUT2D eigenvalue weighted by atomic mass is 11.6. The lowest BCUT2D eigenvalue weighted by Gasteiger charge is -1.68. The van der Waals surface area contributed by atoms with Gasteiger partial charge in [-0.2, -0.15) is 16.8 Å². The van der Waals surface area contributed by atoms with E-state index in [4.69, 9.17) is 40.3 Å². The quantitative estimate of drug-likeness (QED) is 0.211. The molecule has 0 aliphatic rings. The van der Waals surface area contributed by atoms with E-state index in [1.807, 2.05) is 0 Å². The van der Waals surface area contributed by atoms with E-state index in [0.29, 0.717) is 0 Å². The third kappa shape index (κ3) is 9410. The van der Waals surface area contributed by atoms with E-state index in [1.165, 1.54) is 7.05 Å². The van der Waals surface area contributed by atoms with Crippen LogP contribution in [0.1, 0.15) is 0 Å². The van der Waals surface area contributed by atoms with Crippen molar-refractivity contribution in [1.29, 1.82) is 0 Å². The second-order valence-corrected chi connectivity index (χ2v) is 2.91. The molecule has 0 saturated heterocycles. The summed E-state index contributed by atoms with van der Waals surface area (Å²) in [4.78, 5) is 0. The number of hydrogen-bond donors (Lipinski definition) is 6. The van der Waals surface area contributed by atoms with Crippen LogP contribution in [0.25, 0.3) is 0 Å². The van der Waals surface area contributed by atoms with Gasteiger partial charge in [-0.05, 0) is 0 Å². The van der Waals surface area contributed by atoms with Crippen LogP contribution < -0.4 is 5.48 Å². The summed E-state index contributed by atoms with van der Waals surface area (Å²) in [5.74, 6) is 0. The average molecular weight is 243 g/mol. The average Bonchev–Trinajstić information content (AvgIpc) is 1.52. The van der Waals surface area contributed by atoms with Gasteiger partial charge < -0.3 is 5.21 Å². The molecule has 0 spiro atoms. The van der Waals surface area contributed by atoms with Crippen LogP contribution in [0, 0.1) is 0 Å². The van der Waals surface area contributed by atoms with Gasteiger partial charge in [0.25, 0.3) is 0 Å². The first-order chi connectivity index (χ1) is 5.41. The molecular weight excluding hydrogens is 234 g/mol. The lowest BCUT2D eigenvalue weighted by Crippen LogP contribution is -1.91. The molecule has 0 amide bonds. The zero-order chi connectivity index (χ0) is 11.7. The van der Waals surface area contributed by atoms with Crippen molar-refractivity contribution in [3.8, 4) is 0 Å². The van der Waals surface area contributed by atoms with Gasteiger partial charge in [-0.3, -0.25) is 18.2 Å². The molecule has 13 heavy (non-hydrogen) atoms. The Hall–Kier alpha value is -0.340.